The Balaban J connectivity index is 1.55. The van der Waals surface area contributed by atoms with Crippen molar-refractivity contribution in [2.45, 2.75) is 33.1 Å². The second-order valence-electron chi connectivity index (χ2n) is 8.17. The van der Waals surface area contributed by atoms with E-state index in [2.05, 4.69) is 15.5 Å². The molecule has 1 N–H and O–H groups in total. The summed E-state index contributed by atoms with van der Waals surface area (Å²) in [5.74, 6) is 1.56. The van der Waals surface area contributed by atoms with E-state index in [1.54, 1.807) is 17.8 Å². The molecule has 0 spiro atoms. The Kier molecular flexibility index (Phi) is 5.72. The zero-order valence-electron chi connectivity index (χ0n) is 19.0. The smallest absolute Gasteiger partial charge is 0.364 e. The van der Waals surface area contributed by atoms with Gasteiger partial charge in [0, 0.05) is 6.54 Å². The number of nitrogens with zero attached hydrogens (tertiary/aromatic N) is 5. The van der Waals surface area contributed by atoms with E-state index in [9.17, 15) is 13.2 Å². The lowest BCUT2D eigenvalue weighted by Crippen LogP contribution is -2.07. The maximum Gasteiger partial charge on any atom is 0.416 e. The molecular weight excluding hydrogens is 457 g/mol. The van der Waals surface area contributed by atoms with E-state index in [-0.39, 0.29) is 0 Å². The highest BCUT2D eigenvalue weighted by atomic mass is 19.4. The first kappa shape index (κ1) is 22.6. The van der Waals surface area contributed by atoms with Gasteiger partial charge in [-0.3, -0.25) is 0 Å². The molecule has 0 saturated carbocycles. The van der Waals surface area contributed by atoms with Crippen molar-refractivity contribution in [3.8, 4) is 11.4 Å². The van der Waals surface area contributed by atoms with Gasteiger partial charge >= 0.3 is 6.18 Å². The number of benzene rings is 2. The molecule has 5 rings (SSSR count). The van der Waals surface area contributed by atoms with Gasteiger partial charge in [-0.1, -0.05) is 47.6 Å². The minimum atomic E-state index is -4.38. The maximum absolute atomic E-state index is 12.9. The van der Waals surface area contributed by atoms with Gasteiger partial charge in [0.2, 0.25) is 0 Å². The predicted molar refractivity (Wildman–Crippen MR) is 125 cm³/mol. The van der Waals surface area contributed by atoms with Crippen LogP contribution < -0.4 is 5.32 Å². The number of rotatable bonds is 6. The molecule has 0 aliphatic heterocycles. The molecule has 178 valence electrons. The molecule has 0 aliphatic rings. The fourth-order valence-corrected chi connectivity index (χ4v) is 3.87. The highest BCUT2D eigenvalue weighted by molar-refractivity contribution is 5.85. The molecule has 35 heavy (non-hydrogen) atoms. The molecule has 0 aliphatic carbocycles. The normalized spacial score (nSPS) is 11.8. The van der Waals surface area contributed by atoms with Gasteiger partial charge in [-0.2, -0.15) is 13.2 Å². The van der Waals surface area contributed by atoms with Crippen LogP contribution in [0.4, 0.5) is 19.0 Å². The van der Waals surface area contributed by atoms with Gasteiger partial charge < -0.3 is 14.4 Å². The summed E-state index contributed by atoms with van der Waals surface area (Å²) < 4.78 is 45.9. The minimum absolute atomic E-state index is 0.296. The van der Waals surface area contributed by atoms with Gasteiger partial charge in [0.1, 0.15) is 11.3 Å². The van der Waals surface area contributed by atoms with Crippen LogP contribution in [-0.2, 0) is 19.3 Å². The van der Waals surface area contributed by atoms with Crippen molar-refractivity contribution < 1.29 is 17.7 Å². The summed E-state index contributed by atoms with van der Waals surface area (Å²) in [7, 11) is 0. The molecule has 0 radical (unpaired) electrons. The minimum Gasteiger partial charge on any atom is -0.364 e. The molecule has 0 bridgehead atoms. The molecule has 0 amide bonds. The summed E-state index contributed by atoms with van der Waals surface area (Å²) in [5.41, 5.74) is 3.53. The number of hydrogen-bond donors (Lipinski definition) is 1. The van der Waals surface area contributed by atoms with Gasteiger partial charge in [0.25, 0.3) is 0 Å². The molecule has 5 aromatic rings. The summed E-state index contributed by atoms with van der Waals surface area (Å²) >= 11 is 0. The van der Waals surface area contributed by atoms with Gasteiger partial charge in [-0.25, -0.2) is 15.0 Å². The van der Waals surface area contributed by atoms with Crippen LogP contribution in [0.5, 0.6) is 0 Å². The maximum atomic E-state index is 12.9. The summed E-state index contributed by atoms with van der Waals surface area (Å²) in [6, 6.07) is 14.9. The van der Waals surface area contributed by atoms with Gasteiger partial charge in [-0.15, -0.1) is 0 Å². The Morgan fingerprint density at radius 2 is 1.69 bits per heavy atom. The highest BCUT2D eigenvalue weighted by Crippen LogP contribution is 2.31. The Morgan fingerprint density at radius 1 is 0.943 bits per heavy atom. The molecule has 7 nitrogen and oxygen atoms in total. The average molecular weight is 478 g/mol. The van der Waals surface area contributed by atoms with Crippen molar-refractivity contribution >= 4 is 17.0 Å². The molecule has 10 heteroatoms. The summed E-state index contributed by atoms with van der Waals surface area (Å²) in [5, 5.41) is 7.36. The van der Waals surface area contributed by atoms with Gasteiger partial charge in [-0.05, 0) is 37.1 Å². The summed E-state index contributed by atoms with van der Waals surface area (Å²) in [4.78, 5) is 14.0. The van der Waals surface area contributed by atoms with E-state index >= 15 is 0 Å². The van der Waals surface area contributed by atoms with Crippen LogP contribution in [0.15, 0.2) is 65.4 Å². The predicted octanol–water partition coefficient (Wildman–Crippen LogP) is 5.78. The summed E-state index contributed by atoms with van der Waals surface area (Å²) in [6.45, 7) is 4.43. The van der Waals surface area contributed by atoms with E-state index in [0.717, 1.165) is 17.7 Å². The average Bonchev–Trinajstić information content (AvgIpc) is 3.40. The zero-order chi connectivity index (χ0) is 24.6. The number of fused-ring (bicyclic) bond motifs is 1. The van der Waals surface area contributed by atoms with Gasteiger partial charge in [0.05, 0.1) is 29.7 Å². The number of aromatic nitrogens is 5. The third-order valence-electron chi connectivity index (χ3n) is 5.66. The fourth-order valence-electron chi connectivity index (χ4n) is 3.87. The van der Waals surface area contributed by atoms with Crippen LogP contribution in [0.2, 0.25) is 0 Å². The Hall–Kier alpha value is -4.21. The number of imidazole rings is 1. The summed E-state index contributed by atoms with van der Waals surface area (Å²) in [6.07, 6.45) is -2.77. The lowest BCUT2D eigenvalue weighted by Gasteiger charge is -2.11. The Morgan fingerprint density at radius 3 is 2.34 bits per heavy atom. The second kappa shape index (κ2) is 8.86. The molecule has 0 saturated heterocycles. The SMILES string of the molecule is Cc1noc(C)c1-c1nc(NCc2ccccc2)c2ncn(Cc3ccc(C(F)(F)F)cc3)c2n1. The fraction of sp³-hybridized carbons (Fsp3) is 0.200. The van der Waals surface area contributed by atoms with Crippen molar-refractivity contribution in [3.05, 3.63) is 89.1 Å². The molecule has 0 atom stereocenters. The first-order valence-corrected chi connectivity index (χ1v) is 10.9. The second-order valence-corrected chi connectivity index (χ2v) is 8.17. The highest BCUT2D eigenvalue weighted by Gasteiger charge is 2.30. The van der Waals surface area contributed by atoms with Crippen LogP contribution >= 0.6 is 0 Å². The molecule has 0 unspecified atom stereocenters. The van der Waals surface area contributed by atoms with Gasteiger partial charge in [0.15, 0.2) is 17.3 Å². The van der Waals surface area contributed by atoms with Crippen LogP contribution in [0, 0.1) is 13.8 Å². The standard InChI is InChI=1S/C25H21F3N6O/c1-15-20(16(2)35-33-15)22-31-23(29-12-17-6-4-3-5-7-17)21-24(32-22)34(14-30-21)13-18-8-10-19(11-9-18)25(26,27)28/h3-11,14H,12-13H2,1-2H3,(H,29,31,32). The number of nitrogens with one attached hydrogen (secondary N) is 1. The van der Waals surface area contributed by atoms with E-state index in [1.807, 2.05) is 37.3 Å². The zero-order valence-corrected chi connectivity index (χ0v) is 19.0. The van der Waals surface area contributed by atoms with Crippen molar-refractivity contribution in [3.63, 3.8) is 0 Å². The Labute approximate surface area is 198 Å². The molecule has 3 heterocycles. The number of aryl methyl sites for hydroxylation is 2. The number of anilines is 1. The molecule has 3 aromatic heterocycles. The monoisotopic (exact) mass is 478 g/mol. The van der Waals surface area contributed by atoms with Crippen molar-refractivity contribution in [2.75, 3.05) is 5.32 Å². The van der Waals surface area contributed by atoms with Crippen molar-refractivity contribution in [1.29, 1.82) is 0 Å². The molecule has 0 fully saturated rings. The van der Waals surface area contributed by atoms with Crippen LogP contribution in [0.3, 0.4) is 0 Å². The van der Waals surface area contributed by atoms with Crippen LogP contribution in [0.25, 0.3) is 22.6 Å². The largest absolute Gasteiger partial charge is 0.416 e. The topological polar surface area (TPSA) is 81.7 Å². The van der Waals surface area contributed by atoms with Crippen molar-refractivity contribution in [1.82, 2.24) is 24.7 Å². The van der Waals surface area contributed by atoms with Crippen molar-refractivity contribution in [2.24, 2.45) is 0 Å². The first-order chi connectivity index (χ1) is 16.8. The first-order valence-electron chi connectivity index (χ1n) is 10.9. The number of alkyl halides is 3. The Bertz CT molecular complexity index is 1450. The van der Waals surface area contributed by atoms with E-state index in [1.165, 1.54) is 12.1 Å². The van der Waals surface area contributed by atoms with Crippen LogP contribution in [0.1, 0.15) is 28.1 Å². The number of hydrogen-bond acceptors (Lipinski definition) is 6. The van der Waals surface area contributed by atoms with E-state index in [0.29, 0.717) is 58.5 Å². The molecular formula is C25H21F3N6O. The lowest BCUT2D eigenvalue weighted by molar-refractivity contribution is -0.137. The number of halogens is 3. The van der Waals surface area contributed by atoms with Crippen LogP contribution in [-0.4, -0.2) is 24.7 Å². The quantitative estimate of drug-likeness (QED) is 0.333. The molecule has 2 aromatic carbocycles. The van der Waals surface area contributed by atoms with E-state index in [4.69, 9.17) is 14.5 Å². The lowest BCUT2D eigenvalue weighted by atomic mass is 10.1. The third kappa shape index (κ3) is 4.59. The third-order valence-corrected chi connectivity index (χ3v) is 5.66. The van der Waals surface area contributed by atoms with E-state index < -0.39 is 11.7 Å².